The molecular formula is C30H31NO4. The molecular weight excluding hydrogens is 438 g/mol. The quantitative estimate of drug-likeness (QED) is 0.289. The van der Waals surface area contributed by atoms with Crippen molar-refractivity contribution in [2.24, 2.45) is 0 Å². The van der Waals surface area contributed by atoms with Gasteiger partial charge in [-0.3, -0.25) is 4.79 Å². The fourth-order valence-corrected chi connectivity index (χ4v) is 4.90. The van der Waals surface area contributed by atoms with Gasteiger partial charge in [-0.25, -0.2) is 0 Å². The second-order valence-electron chi connectivity index (χ2n) is 9.52. The lowest BCUT2D eigenvalue weighted by Crippen LogP contribution is -2.25. The summed E-state index contributed by atoms with van der Waals surface area (Å²) in [6.45, 7) is 13.5. The van der Waals surface area contributed by atoms with E-state index < -0.39 is 5.79 Å². The van der Waals surface area contributed by atoms with Crippen LogP contribution in [0.25, 0.3) is 27.9 Å². The summed E-state index contributed by atoms with van der Waals surface area (Å²) in [5.41, 5.74) is 5.57. The van der Waals surface area contributed by atoms with E-state index in [1.807, 2.05) is 57.2 Å². The van der Waals surface area contributed by atoms with Gasteiger partial charge in [-0.2, -0.15) is 0 Å². The van der Waals surface area contributed by atoms with Crippen LogP contribution < -0.4 is 4.74 Å². The fourth-order valence-electron chi connectivity index (χ4n) is 4.90. The highest BCUT2D eigenvalue weighted by molar-refractivity contribution is 6.15. The zero-order chi connectivity index (χ0) is 24.7. The highest BCUT2D eigenvalue weighted by Crippen LogP contribution is 2.32. The van der Waals surface area contributed by atoms with E-state index in [0.29, 0.717) is 30.1 Å². The summed E-state index contributed by atoms with van der Waals surface area (Å²) < 4.78 is 19.6. The van der Waals surface area contributed by atoms with Gasteiger partial charge in [0.05, 0.1) is 6.61 Å². The van der Waals surface area contributed by atoms with Crippen LogP contribution in [-0.2, 0) is 16.0 Å². The van der Waals surface area contributed by atoms with Gasteiger partial charge < -0.3 is 18.8 Å². The molecule has 0 spiro atoms. The van der Waals surface area contributed by atoms with Gasteiger partial charge >= 0.3 is 0 Å². The molecule has 1 saturated heterocycles. The van der Waals surface area contributed by atoms with Crippen molar-refractivity contribution >= 4 is 33.7 Å². The lowest BCUT2D eigenvalue weighted by Gasteiger charge is -2.17. The van der Waals surface area contributed by atoms with Crippen LogP contribution in [0.4, 0.5) is 0 Å². The first-order valence-electron chi connectivity index (χ1n) is 12.1. The summed E-state index contributed by atoms with van der Waals surface area (Å²) >= 11 is 0. The predicted molar refractivity (Wildman–Crippen MR) is 140 cm³/mol. The van der Waals surface area contributed by atoms with Crippen LogP contribution >= 0.6 is 0 Å². The largest absolute Gasteiger partial charge is 0.491 e. The Hall–Kier alpha value is -3.41. The number of hydrogen-bond acceptors (Lipinski definition) is 4. The van der Waals surface area contributed by atoms with E-state index in [1.54, 1.807) is 0 Å². The molecule has 5 rings (SSSR count). The summed E-state index contributed by atoms with van der Waals surface area (Å²) in [5.74, 6) is 0.145. The number of ketones is 1. The van der Waals surface area contributed by atoms with Gasteiger partial charge in [0.25, 0.3) is 0 Å². The predicted octanol–water partition coefficient (Wildman–Crippen LogP) is 6.53. The summed E-state index contributed by atoms with van der Waals surface area (Å²) in [4.78, 5) is 13.5. The number of carbonyl (C=O) groups excluding carboxylic acids is 1. The number of fused-ring (bicyclic) bond motifs is 3. The van der Waals surface area contributed by atoms with Gasteiger partial charge in [0, 0.05) is 39.5 Å². The van der Waals surface area contributed by atoms with E-state index >= 15 is 0 Å². The van der Waals surface area contributed by atoms with Crippen LogP contribution in [0.15, 0.2) is 61.2 Å². The Morgan fingerprint density at radius 2 is 1.86 bits per heavy atom. The molecule has 35 heavy (non-hydrogen) atoms. The third-order valence-electron chi connectivity index (χ3n) is 6.65. The van der Waals surface area contributed by atoms with Crippen LogP contribution in [0.1, 0.15) is 47.8 Å². The Labute approximate surface area is 205 Å². The maximum absolute atomic E-state index is 13.5. The molecule has 0 saturated carbocycles. The number of benzene rings is 3. The second kappa shape index (κ2) is 8.99. The molecule has 1 atom stereocenters. The van der Waals surface area contributed by atoms with E-state index in [1.165, 1.54) is 0 Å². The van der Waals surface area contributed by atoms with Crippen molar-refractivity contribution in [1.29, 1.82) is 0 Å². The molecule has 1 aliphatic rings. The van der Waals surface area contributed by atoms with Gasteiger partial charge in [0.2, 0.25) is 0 Å². The molecule has 0 bridgehead atoms. The lowest BCUT2D eigenvalue weighted by molar-refractivity contribution is -0.141. The van der Waals surface area contributed by atoms with Crippen LogP contribution in [0.3, 0.4) is 0 Å². The van der Waals surface area contributed by atoms with E-state index in [-0.39, 0.29) is 11.9 Å². The molecule has 5 nitrogen and oxygen atoms in total. The normalized spacial score (nSPS) is 17.2. The summed E-state index contributed by atoms with van der Waals surface area (Å²) in [5, 5.41) is 2.21. The van der Waals surface area contributed by atoms with Crippen LogP contribution in [0.2, 0.25) is 0 Å². The SMILES string of the molecule is C=Cc1ccc2c(c1)c1cc(C(=O)c3ccc(OCC4COC(C)(C)O4)cc3C)ccc1n2CC. The maximum atomic E-state index is 13.5. The highest BCUT2D eigenvalue weighted by atomic mass is 16.7. The van der Waals surface area contributed by atoms with E-state index in [2.05, 4.69) is 42.3 Å². The van der Waals surface area contributed by atoms with E-state index in [4.69, 9.17) is 14.2 Å². The zero-order valence-corrected chi connectivity index (χ0v) is 20.8. The minimum Gasteiger partial charge on any atom is -0.491 e. The van der Waals surface area contributed by atoms with Crippen LogP contribution in [0.5, 0.6) is 5.75 Å². The van der Waals surface area contributed by atoms with Crippen LogP contribution in [0, 0.1) is 6.92 Å². The topological polar surface area (TPSA) is 49.7 Å². The monoisotopic (exact) mass is 469 g/mol. The Kier molecular flexibility index (Phi) is 5.99. The third kappa shape index (κ3) is 4.38. The number of ether oxygens (including phenoxy) is 3. The van der Waals surface area contributed by atoms with Gasteiger partial charge in [-0.15, -0.1) is 0 Å². The smallest absolute Gasteiger partial charge is 0.193 e. The molecule has 180 valence electrons. The molecule has 0 N–H and O–H groups in total. The number of nitrogens with zero attached hydrogens (tertiary/aromatic N) is 1. The van der Waals surface area contributed by atoms with Crippen molar-refractivity contribution in [1.82, 2.24) is 4.57 Å². The first-order valence-corrected chi connectivity index (χ1v) is 12.1. The van der Waals surface area contributed by atoms with E-state index in [0.717, 1.165) is 39.5 Å². The Bertz CT molecular complexity index is 1450. The van der Waals surface area contributed by atoms with Crippen molar-refractivity contribution in [3.63, 3.8) is 0 Å². The molecule has 1 aromatic heterocycles. The number of carbonyl (C=O) groups is 1. The standard InChI is InChI=1S/C30H31NO4/c1-6-20-8-12-27-25(15-20)26-16-21(9-13-28(26)31(27)7-2)29(32)24-11-10-22(14-19(24)3)33-17-23-18-34-30(4,5)35-23/h6,8-16,23H,1,7,17-18H2,2-5H3. The molecule has 3 aromatic carbocycles. The lowest BCUT2D eigenvalue weighted by atomic mass is 9.97. The first kappa shape index (κ1) is 23.3. The third-order valence-corrected chi connectivity index (χ3v) is 6.65. The first-order chi connectivity index (χ1) is 16.8. The molecule has 1 aliphatic heterocycles. The van der Waals surface area contributed by atoms with E-state index in [9.17, 15) is 4.79 Å². The van der Waals surface area contributed by atoms with Crippen molar-refractivity contribution in [2.75, 3.05) is 13.2 Å². The van der Waals surface area contributed by atoms with Crippen molar-refractivity contribution in [3.05, 3.63) is 83.4 Å². The zero-order valence-electron chi connectivity index (χ0n) is 20.8. The van der Waals surface area contributed by atoms with Gasteiger partial charge in [0.1, 0.15) is 18.5 Å². The fraction of sp³-hybridized carbons (Fsp3) is 0.300. The molecule has 1 unspecified atom stereocenters. The number of aromatic nitrogens is 1. The molecule has 0 amide bonds. The Balaban J connectivity index is 1.42. The molecule has 0 aliphatic carbocycles. The average molecular weight is 470 g/mol. The second-order valence-corrected chi connectivity index (χ2v) is 9.52. The highest BCUT2D eigenvalue weighted by Gasteiger charge is 2.33. The summed E-state index contributed by atoms with van der Waals surface area (Å²) in [6, 6.07) is 17.9. The molecule has 1 fully saturated rings. The summed E-state index contributed by atoms with van der Waals surface area (Å²) in [7, 11) is 0. The van der Waals surface area contributed by atoms with Gasteiger partial charge in [-0.05, 0) is 87.4 Å². The van der Waals surface area contributed by atoms with Crippen LogP contribution in [-0.4, -0.2) is 35.5 Å². The van der Waals surface area contributed by atoms with Crippen molar-refractivity contribution in [3.8, 4) is 5.75 Å². The summed E-state index contributed by atoms with van der Waals surface area (Å²) in [6.07, 6.45) is 1.74. The average Bonchev–Trinajstić information content (AvgIpc) is 3.37. The number of hydrogen-bond donors (Lipinski definition) is 0. The minimum absolute atomic E-state index is 0.00231. The molecule has 2 heterocycles. The number of aryl methyl sites for hydroxylation is 2. The van der Waals surface area contributed by atoms with Gasteiger partial charge in [0.15, 0.2) is 11.6 Å². The minimum atomic E-state index is -0.571. The number of rotatable bonds is 7. The molecule has 4 aromatic rings. The Morgan fingerprint density at radius 1 is 1.11 bits per heavy atom. The maximum Gasteiger partial charge on any atom is 0.193 e. The van der Waals surface area contributed by atoms with Crippen molar-refractivity contribution in [2.45, 2.75) is 46.1 Å². The molecule has 0 radical (unpaired) electrons. The van der Waals surface area contributed by atoms with Gasteiger partial charge in [-0.1, -0.05) is 18.7 Å². The van der Waals surface area contributed by atoms with Crippen molar-refractivity contribution < 1.29 is 19.0 Å². The molecule has 5 heteroatoms. The Morgan fingerprint density at radius 3 is 2.51 bits per heavy atom.